The molecule has 0 amide bonds. The highest BCUT2D eigenvalue weighted by molar-refractivity contribution is 5.35. The van der Waals surface area contributed by atoms with Crippen LogP contribution in [0.2, 0.25) is 0 Å². The Balaban J connectivity index is 1.34. The minimum absolute atomic E-state index is 0.337. The molecule has 0 atom stereocenters. The lowest BCUT2D eigenvalue weighted by Crippen LogP contribution is -2.43. The first kappa shape index (κ1) is 21.0. The minimum atomic E-state index is 0.337. The van der Waals surface area contributed by atoms with E-state index in [1.54, 1.807) is 11.3 Å². The van der Waals surface area contributed by atoms with Crippen molar-refractivity contribution in [1.29, 1.82) is 0 Å². The van der Waals surface area contributed by atoms with Gasteiger partial charge in [0, 0.05) is 37.4 Å². The predicted octanol–water partition coefficient (Wildman–Crippen LogP) is 3.96. The zero-order chi connectivity index (χ0) is 21.0. The van der Waals surface area contributed by atoms with Crippen LogP contribution in [0, 0.1) is 16.2 Å². The van der Waals surface area contributed by atoms with Crippen molar-refractivity contribution in [2.45, 2.75) is 84.2 Å². The fourth-order valence-electron chi connectivity index (χ4n) is 6.85. The van der Waals surface area contributed by atoms with Gasteiger partial charge in [-0.1, -0.05) is 13.8 Å². The SMILES string of the molecule is CNCCN(C)Cc1nn2c(c1[C@H]1CC[C@]3(CC1)COCC(C)(C)C3)CC1(CC1)C2. The quantitative estimate of drug-likeness (QED) is 0.765. The Morgan fingerprint density at radius 1 is 1.13 bits per heavy atom. The molecule has 0 unspecified atom stereocenters. The molecule has 2 spiro atoms. The lowest BCUT2D eigenvalue weighted by atomic mass is 9.62. The first-order valence-electron chi connectivity index (χ1n) is 12.3. The average Bonchev–Trinajstić information content (AvgIpc) is 3.24. The molecule has 0 aromatic carbocycles. The van der Waals surface area contributed by atoms with E-state index in [0.29, 0.717) is 22.2 Å². The number of aromatic nitrogens is 2. The third-order valence-electron chi connectivity index (χ3n) is 8.53. The molecule has 5 heteroatoms. The van der Waals surface area contributed by atoms with E-state index < -0.39 is 0 Å². The van der Waals surface area contributed by atoms with Gasteiger partial charge in [-0.2, -0.15) is 5.10 Å². The van der Waals surface area contributed by atoms with Crippen LogP contribution >= 0.6 is 0 Å². The molecule has 2 saturated carbocycles. The van der Waals surface area contributed by atoms with Gasteiger partial charge < -0.3 is 10.1 Å². The van der Waals surface area contributed by atoms with Gasteiger partial charge in [0.05, 0.1) is 18.9 Å². The summed E-state index contributed by atoms with van der Waals surface area (Å²) in [6, 6.07) is 0. The van der Waals surface area contributed by atoms with Crippen LogP contribution in [0.15, 0.2) is 0 Å². The van der Waals surface area contributed by atoms with E-state index in [1.807, 2.05) is 7.05 Å². The number of hydrogen-bond donors (Lipinski definition) is 1. The van der Waals surface area contributed by atoms with Gasteiger partial charge in [-0.15, -0.1) is 0 Å². The van der Waals surface area contributed by atoms with Crippen molar-refractivity contribution in [3.05, 3.63) is 17.0 Å². The number of nitrogens with one attached hydrogen (secondary N) is 1. The van der Waals surface area contributed by atoms with E-state index in [2.05, 4.69) is 35.8 Å². The van der Waals surface area contributed by atoms with Gasteiger partial charge in [0.1, 0.15) is 0 Å². The summed E-state index contributed by atoms with van der Waals surface area (Å²) in [5, 5.41) is 8.49. The summed E-state index contributed by atoms with van der Waals surface area (Å²) in [6.45, 7) is 11.0. The smallest absolute Gasteiger partial charge is 0.0802 e. The Morgan fingerprint density at radius 2 is 1.90 bits per heavy atom. The molecule has 4 aliphatic rings. The lowest BCUT2D eigenvalue weighted by Gasteiger charge is -2.48. The molecular formula is C25H42N4O. The van der Waals surface area contributed by atoms with Crippen molar-refractivity contribution in [2.75, 3.05) is 40.4 Å². The number of nitrogens with zero attached hydrogens (tertiary/aromatic N) is 3. The topological polar surface area (TPSA) is 42.3 Å². The number of fused-ring (bicyclic) bond motifs is 1. The van der Waals surface area contributed by atoms with Gasteiger partial charge >= 0.3 is 0 Å². The van der Waals surface area contributed by atoms with Crippen LogP contribution in [0.4, 0.5) is 0 Å². The predicted molar refractivity (Wildman–Crippen MR) is 121 cm³/mol. The van der Waals surface area contributed by atoms with Gasteiger partial charge in [0.15, 0.2) is 0 Å². The van der Waals surface area contributed by atoms with E-state index in [4.69, 9.17) is 9.84 Å². The van der Waals surface area contributed by atoms with E-state index >= 15 is 0 Å². The van der Waals surface area contributed by atoms with Crippen molar-refractivity contribution >= 4 is 0 Å². The summed E-state index contributed by atoms with van der Waals surface area (Å²) in [4.78, 5) is 2.44. The van der Waals surface area contributed by atoms with Gasteiger partial charge in [-0.05, 0) is 87.6 Å². The van der Waals surface area contributed by atoms with Gasteiger partial charge in [0.25, 0.3) is 0 Å². The van der Waals surface area contributed by atoms with Crippen LogP contribution in [0.3, 0.4) is 0 Å². The highest BCUT2D eigenvalue weighted by Gasteiger charge is 2.50. The third kappa shape index (κ3) is 3.98. The largest absolute Gasteiger partial charge is 0.380 e. The van der Waals surface area contributed by atoms with Crippen molar-refractivity contribution in [3.63, 3.8) is 0 Å². The zero-order valence-corrected chi connectivity index (χ0v) is 19.7. The first-order valence-corrected chi connectivity index (χ1v) is 12.3. The summed E-state index contributed by atoms with van der Waals surface area (Å²) in [7, 11) is 4.28. The van der Waals surface area contributed by atoms with Gasteiger partial charge in [0.2, 0.25) is 0 Å². The molecule has 168 valence electrons. The van der Waals surface area contributed by atoms with E-state index in [1.165, 1.54) is 63.6 Å². The fraction of sp³-hybridized carbons (Fsp3) is 0.880. The van der Waals surface area contributed by atoms with E-state index in [9.17, 15) is 0 Å². The second kappa shape index (κ2) is 7.60. The molecule has 1 saturated heterocycles. The molecular weight excluding hydrogens is 372 g/mol. The van der Waals surface area contributed by atoms with Crippen molar-refractivity contribution in [1.82, 2.24) is 20.0 Å². The van der Waals surface area contributed by atoms with E-state index in [0.717, 1.165) is 32.8 Å². The Bertz CT molecular complexity index is 770. The fourth-order valence-corrected chi connectivity index (χ4v) is 6.85. The Labute approximate surface area is 182 Å². The molecule has 1 aromatic heterocycles. The molecule has 2 aliphatic heterocycles. The van der Waals surface area contributed by atoms with E-state index in [-0.39, 0.29) is 0 Å². The molecule has 3 fully saturated rings. The molecule has 1 aromatic rings. The van der Waals surface area contributed by atoms with Crippen molar-refractivity contribution in [3.8, 4) is 0 Å². The second-order valence-corrected chi connectivity index (χ2v) is 12.1. The summed E-state index contributed by atoms with van der Waals surface area (Å²) in [5.41, 5.74) is 5.98. The van der Waals surface area contributed by atoms with Crippen LogP contribution in [0.1, 0.15) is 81.7 Å². The summed E-state index contributed by atoms with van der Waals surface area (Å²) < 4.78 is 8.52. The van der Waals surface area contributed by atoms with Crippen LogP contribution in [0.25, 0.3) is 0 Å². The molecule has 1 N–H and O–H groups in total. The number of ether oxygens (including phenoxy) is 1. The molecule has 3 heterocycles. The third-order valence-corrected chi connectivity index (χ3v) is 8.53. The summed E-state index contributed by atoms with van der Waals surface area (Å²) >= 11 is 0. The monoisotopic (exact) mass is 414 g/mol. The molecule has 2 aliphatic carbocycles. The van der Waals surface area contributed by atoms with Crippen molar-refractivity contribution in [2.24, 2.45) is 16.2 Å². The normalized spacial score (nSPS) is 31.6. The maximum Gasteiger partial charge on any atom is 0.0802 e. The maximum atomic E-state index is 6.10. The van der Waals surface area contributed by atoms with Crippen molar-refractivity contribution < 1.29 is 4.74 Å². The standard InChI is InChI=1S/C25H42N4O/c1-23(2)15-25(18-30-17-23)7-5-19(6-8-25)22-20(14-28(4)12-11-26-3)27-29-16-24(9-10-24)13-21(22)29/h19,26H,5-18H2,1-4H3/t19-,25+. The molecule has 30 heavy (non-hydrogen) atoms. The first-order chi connectivity index (χ1) is 14.3. The maximum absolute atomic E-state index is 6.10. The lowest BCUT2D eigenvalue weighted by molar-refractivity contribution is -0.0928. The van der Waals surface area contributed by atoms with Crippen LogP contribution < -0.4 is 5.32 Å². The summed E-state index contributed by atoms with van der Waals surface area (Å²) in [5.74, 6) is 0.700. The van der Waals surface area contributed by atoms with Crippen LogP contribution in [-0.4, -0.2) is 55.1 Å². The highest BCUT2D eigenvalue weighted by atomic mass is 16.5. The number of rotatable bonds is 6. The number of hydrogen-bond acceptors (Lipinski definition) is 4. The molecule has 0 bridgehead atoms. The summed E-state index contributed by atoms with van der Waals surface area (Å²) in [6.07, 6.45) is 10.7. The minimum Gasteiger partial charge on any atom is -0.380 e. The Kier molecular flexibility index (Phi) is 5.31. The van der Waals surface area contributed by atoms with Gasteiger partial charge in [-0.3, -0.25) is 9.58 Å². The Morgan fingerprint density at radius 3 is 2.57 bits per heavy atom. The average molecular weight is 415 g/mol. The van der Waals surface area contributed by atoms with Gasteiger partial charge in [-0.25, -0.2) is 0 Å². The number of likely N-dealkylation sites (N-methyl/N-ethyl adjacent to an activating group) is 2. The van der Waals surface area contributed by atoms with Crippen LogP contribution in [0.5, 0.6) is 0 Å². The molecule has 0 radical (unpaired) electrons. The highest BCUT2D eigenvalue weighted by Crippen LogP contribution is 2.56. The van der Waals surface area contributed by atoms with Crippen LogP contribution in [-0.2, 0) is 24.2 Å². The molecule has 5 rings (SSSR count). The second-order valence-electron chi connectivity index (χ2n) is 12.1. The molecule has 5 nitrogen and oxygen atoms in total. The zero-order valence-electron chi connectivity index (χ0n) is 19.7. The Hall–Kier alpha value is -0.910.